The molecular weight excluding hydrogens is 266 g/mol. The lowest BCUT2D eigenvalue weighted by molar-refractivity contribution is 0.647. The van der Waals surface area contributed by atoms with Crippen LogP contribution in [0.4, 0.5) is 0 Å². The third-order valence-corrected chi connectivity index (χ3v) is 5.26. The number of nitrogens with zero attached hydrogens (tertiary/aromatic N) is 2. The van der Waals surface area contributed by atoms with E-state index in [0.29, 0.717) is 5.25 Å². The molecule has 0 amide bonds. The molecule has 1 aromatic rings. The molecule has 2 rings (SSSR count). The lowest BCUT2D eigenvalue weighted by atomic mass is 10.1. The summed E-state index contributed by atoms with van der Waals surface area (Å²) in [5, 5.41) is 3.98. The molecule has 0 spiro atoms. The minimum Gasteiger partial charge on any atom is -0.316 e. The molecule has 3 nitrogen and oxygen atoms in total. The van der Waals surface area contributed by atoms with Crippen LogP contribution in [0.5, 0.6) is 0 Å². The molecule has 4 heteroatoms. The zero-order valence-electron chi connectivity index (χ0n) is 13.0. The van der Waals surface area contributed by atoms with Gasteiger partial charge in [-0.25, -0.2) is 9.97 Å². The van der Waals surface area contributed by atoms with Crippen molar-refractivity contribution in [3.8, 4) is 0 Å². The van der Waals surface area contributed by atoms with E-state index >= 15 is 0 Å². The van der Waals surface area contributed by atoms with Gasteiger partial charge < -0.3 is 5.32 Å². The topological polar surface area (TPSA) is 37.8 Å². The second-order valence-corrected chi connectivity index (χ2v) is 6.90. The van der Waals surface area contributed by atoms with Gasteiger partial charge in [0, 0.05) is 11.4 Å². The summed E-state index contributed by atoms with van der Waals surface area (Å²) in [5.74, 6) is 2.32. The van der Waals surface area contributed by atoms with Crippen LogP contribution in [0, 0.1) is 13.8 Å². The van der Waals surface area contributed by atoms with Gasteiger partial charge in [-0.3, -0.25) is 0 Å². The molecule has 0 saturated carbocycles. The van der Waals surface area contributed by atoms with Gasteiger partial charge in [-0.2, -0.15) is 11.8 Å². The predicted molar refractivity (Wildman–Crippen MR) is 87.4 cm³/mol. The van der Waals surface area contributed by atoms with Crippen molar-refractivity contribution < 1.29 is 0 Å². The molecule has 0 aromatic carbocycles. The molecule has 0 radical (unpaired) electrons. The highest BCUT2D eigenvalue weighted by Gasteiger charge is 2.20. The number of hydrogen-bond acceptors (Lipinski definition) is 4. The molecule has 0 bridgehead atoms. The second kappa shape index (κ2) is 7.99. The van der Waals surface area contributed by atoms with Gasteiger partial charge in [-0.1, -0.05) is 13.3 Å². The Balaban J connectivity index is 2.03. The molecule has 1 aliphatic rings. The van der Waals surface area contributed by atoms with Crippen LogP contribution in [-0.2, 0) is 6.42 Å². The van der Waals surface area contributed by atoms with Crippen LogP contribution in [0.25, 0.3) is 0 Å². The molecule has 1 aromatic heterocycles. The normalized spacial score (nSPS) is 19.2. The summed E-state index contributed by atoms with van der Waals surface area (Å²) in [7, 11) is 0. The molecule has 0 aliphatic carbocycles. The predicted octanol–water partition coefficient (Wildman–Crippen LogP) is 3.59. The number of rotatable bonds is 6. The molecule has 1 atom stereocenters. The number of aryl methyl sites for hydroxylation is 2. The molecule has 2 heterocycles. The number of aromatic nitrogens is 2. The van der Waals surface area contributed by atoms with Gasteiger partial charge in [0.25, 0.3) is 0 Å². The Hall–Kier alpha value is -0.610. The van der Waals surface area contributed by atoms with E-state index in [1.165, 1.54) is 48.4 Å². The fourth-order valence-corrected chi connectivity index (χ4v) is 3.97. The van der Waals surface area contributed by atoms with E-state index in [4.69, 9.17) is 9.97 Å². The summed E-state index contributed by atoms with van der Waals surface area (Å²) < 4.78 is 0. The Morgan fingerprint density at radius 3 is 2.50 bits per heavy atom. The summed E-state index contributed by atoms with van der Waals surface area (Å²) >= 11 is 2.03. The summed E-state index contributed by atoms with van der Waals surface area (Å²) in [4.78, 5) is 9.59. The maximum atomic E-state index is 4.80. The van der Waals surface area contributed by atoms with E-state index in [1.807, 2.05) is 11.8 Å². The lowest BCUT2D eigenvalue weighted by Crippen LogP contribution is -2.19. The largest absolute Gasteiger partial charge is 0.316 e. The molecule has 112 valence electrons. The average Bonchev–Trinajstić information content (AvgIpc) is 2.46. The van der Waals surface area contributed by atoms with Gasteiger partial charge in [-0.05, 0) is 63.9 Å². The van der Waals surface area contributed by atoms with Gasteiger partial charge in [0.1, 0.15) is 5.82 Å². The lowest BCUT2D eigenvalue weighted by Gasteiger charge is -2.21. The first-order chi connectivity index (χ1) is 9.72. The first-order valence-corrected chi connectivity index (χ1v) is 8.93. The van der Waals surface area contributed by atoms with Gasteiger partial charge >= 0.3 is 0 Å². The van der Waals surface area contributed by atoms with Crippen LogP contribution >= 0.6 is 11.8 Å². The molecule has 1 N–H and O–H groups in total. The standard InChI is InChI=1S/C16H27N3S/c1-4-9-17-10-8-14-12(2)18-16(19-13(14)3)15-7-5-6-11-20-15/h15,17H,4-11H2,1-3H3. The van der Waals surface area contributed by atoms with Crippen LogP contribution in [-0.4, -0.2) is 28.8 Å². The van der Waals surface area contributed by atoms with E-state index in [-0.39, 0.29) is 0 Å². The van der Waals surface area contributed by atoms with Crippen molar-refractivity contribution in [3.63, 3.8) is 0 Å². The number of thioether (sulfide) groups is 1. The van der Waals surface area contributed by atoms with Gasteiger partial charge in [-0.15, -0.1) is 0 Å². The van der Waals surface area contributed by atoms with E-state index in [9.17, 15) is 0 Å². The SMILES string of the molecule is CCCNCCc1c(C)nc(C2CCCCS2)nc1C. The first-order valence-electron chi connectivity index (χ1n) is 7.88. The Bertz CT molecular complexity index is 405. The Morgan fingerprint density at radius 2 is 1.90 bits per heavy atom. The fraction of sp³-hybridized carbons (Fsp3) is 0.750. The van der Waals surface area contributed by atoms with Gasteiger partial charge in [0.2, 0.25) is 0 Å². The highest BCUT2D eigenvalue weighted by molar-refractivity contribution is 7.99. The molecule has 1 fully saturated rings. The zero-order valence-corrected chi connectivity index (χ0v) is 13.9. The third-order valence-electron chi connectivity index (χ3n) is 3.88. The Labute approximate surface area is 127 Å². The highest BCUT2D eigenvalue weighted by atomic mass is 32.2. The molecule has 20 heavy (non-hydrogen) atoms. The quantitative estimate of drug-likeness (QED) is 0.813. The summed E-state index contributed by atoms with van der Waals surface area (Å²) in [6.45, 7) is 8.59. The maximum Gasteiger partial charge on any atom is 0.141 e. The van der Waals surface area contributed by atoms with Crippen molar-refractivity contribution in [2.24, 2.45) is 0 Å². The van der Waals surface area contributed by atoms with Crippen molar-refractivity contribution in [2.45, 2.75) is 58.1 Å². The van der Waals surface area contributed by atoms with Crippen molar-refractivity contribution in [1.29, 1.82) is 0 Å². The summed E-state index contributed by atoms with van der Waals surface area (Å²) in [5.41, 5.74) is 3.69. The smallest absolute Gasteiger partial charge is 0.141 e. The zero-order chi connectivity index (χ0) is 14.4. The van der Waals surface area contributed by atoms with Crippen LogP contribution in [0.3, 0.4) is 0 Å². The van der Waals surface area contributed by atoms with E-state index < -0.39 is 0 Å². The van der Waals surface area contributed by atoms with Crippen molar-refractivity contribution >= 4 is 11.8 Å². The average molecular weight is 293 g/mol. The second-order valence-electron chi connectivity index (χ2n) is 5.59. The van der Waals surface area contributed by atoms with Crippen LogP contribution in [0.2, 0.25) is 0 Å². The van der Waals surface area contributed by atoms with Crippen molar-refractivity contribution in [2.75, 3.05) is 18.8 Å². The molecule has 1 saturated heterocycles. The molecule has 1 unspecified atom stereocenters. The third kappa shape index (κ3) is 4.19. The summed E-state index contributed by atoms with van der Waals surface area (Å²) in [6.07, 6.45) is 6.13. The Kier molecular flexibility index (Phi) is 6.30. The Morgan fingerprint density at radius 1 is 1.15 bits per heavy atom. The number of nitrogens with one attached hydrogen (secondary N) is 1. The van der Waals surface area contributed by atoms with E-state index in [1.54, 1.807) is 0 Å². The van der Waals surface area contributed by atoms with E-state index in [0.717, 1.165) is 25.3 Å². The van der Waals surface area contributed by atoms with Crippen molar-refractivity contribution in [3.05, 3.63) is 22.8 Å². The first kappa shape index (κ1) is 15.8. The monoisotopic (exact) mass is 293 g/mol. The molecular formula is C16H27N3S. The van der Waals surface area contributed by atoms with Crippen LogP contribution in [0.15, 0.2) is 0 Å². The number of hydrogen-bond donors (Lipinski definition) is 1. The summed E-state index contributed by atoms with van der Waals surface area (Å²) in [6, 6.07) is 0. The molecule has 1 aliphatic heterocycles. The minimum atomic E-state index is 0.522. The van der Waals surface area contributed by atoms with Gasteiger partial charge in [0.05, 0.1) is 5.25 Å². The maximum absolute atomic E-state index is 4.80. The van der Waals surface area contributed by atoms with Crippen molar-refractivity contribution in [1.82, 2.24) is 15.3 Å². The highest BCUT2D eigenvalue weighted by Crippen LogP contribution is 2.36. The van der Waals surface area contributed by atoms with Crippen LogP contribution in [0.1, 0.15) is 60.6 Å². The fourth-order valence-electron chi connectivity index (χ4n) is 2.73. The van der Waals surface area contributed by atoms with E-state index in [2.05, 4.69) is 26.1 Å². The van der Waals surface area contributed by atoms with Crippen LogP contribution < -0.4 is 5.32 Å². The van der Waals surface area contributed by atoms with Gasteiger partial charge in [0.15, 0.2) is 0 Å². The minimum absolute atomic E-state index is 0.522.